The van der Waals surface area contributed by atoms with Crippen molar-refractivity contribution in [3.63, 3.8) is 0 Å². The lowest BCUT2D eigenvalue weighted by atomic mass is 9.91. The molecule has 2 N–H and O–H groups in total. The Balaban J connectivity index is 2.33. The van der Waals surface area contributed by atoms with Gasteiger partial charge in [-0.15, -0.1) is 0 Å². The van der Waals surface area contributed by atoms with Crippen molar-refractivity contribution in [1.82, 2.24) is 0 Å². The lowest BCUT2D eigenvalue weighted by Crippen LogP contribution is -2.34. The fraction of sp³-hybridized carbons (Fsp3) is 0.429. The molecule has 2 nitrogen and oxygen atoms in total. The largest absolute Gasteiger partial charge is 0.455 e. The van der Waals surface area contributed by atoms with Crippen LogP contribution in [0.25, 0.3) is 17.8 Å². The fourth-order valence-electron chi connectivity index (χ4n) is 2.56. The Morgan fingerprint density at radius 1 is 1.38 bits per heavy atom. The molecule has 0 aliphatic heterocycles. The third-order valence-corrected chi connectivity index (χ3v) is 3.65. The van der Waals surface area contributed by atoms with E-state index in [9.17, 15) is 0 Å². The van der Waals surface area contributed by atoms with Gasteiger partial charge < -0.3 is 10.2 Å². The standard InChI is InChI=1S/C14H17NO/c1-8-3-6-12-11(7-8)10-5-4-9(2)13(15)14(10)16-12/h3,5-6,8-9H,4,7,15H2,1-2H3/t8?,9-/m0/s1. The second kappa shape index (κ2) is 3.27. The Morgan fingerprint density at radius 2 is 2.19 bits per heavy atom. The zero-order valence-electron chi connectivity index (χ0n) is 9.79. The first-order chi connectivity index (χ1) is 7.66. The third kappa shape index (κ3) is 1.26. The van der Waals surface area contributed by atoms with Gasteiger partial charge in [0.25, 0.3) is 0 Å². The summed E-state index contributed by atoms with van der Waals surface area (Å²) in [5, 5.41) is 1.25. The summed E-state index contributed by atoms with van der Waals surface area (Å²) in [6.07, 6.45) is 8.68. The number of rotatable bonds is 0. The smallest absolute Gasteiger partial charge is 0.153 e. The second-order valence-corrected chi connectivity index (χ2v) is 5.02. The van der Waals surface area contributed by atoms with E-state index in [0.717, 1.165) is 29.7 Å². The van der Waals surface area contributed by atoms with Crippen LogP contribution in [0.3, 0.4) is 0 Å². The summed E-state index contributed by atoms with van der Waals surface area (Å²) in [6.45, 7) is 4.38. The number of hydrogen-bond acceptors (Lipinski definition) is 2. The molecule has 1 aromatic heterocycles. The van der Waals surface area contributed by atoms with Crippen molar-refractivity contribution in [3.05, 3.63) is 28.0 Å². The van der Waals surface area contributed by atoms with Gasteiger partial charge in [-0.3, -0.25) is 0 Å². The van der Waals surface area contributed by atoms with Gasteiger partial charge in [0.15, 0.2) is 5.42 Å². The van der Waals surface area contributed by atoms with Crippen molar-refractivity contribution in [2.75, 3.05) is 0 Å². The molecule has 16 heavy (non-hydrogen) atoms. The molecule has 0 saturated heterocycles. The van der Waals surface area contributed by atoms with Crippen LogP contribution in [0.5, 0.6) is 0 Å². The molecule has 2 aliphatic rings. The van der Waals surface area contributed by atoms with Crippen molar-refractivity contribution in [3.8, 4) is 0 Å². The topological polar surface area (TPSA) is 39.2 Å². The zero-order chi connectivity index (χ0) is 11.3. The molecule has 2 aliphatic carbocycles. The first-order valence-corrected chi connectivity index (χ1v) is 5.96. The maximum atomic E-state index is 6.12. The summed E-state index contributed by atoms with van der Waals surface area (Å²) in [5.41, 5.74) is 9.29. The van der Waals surface area contributed by atoms with Gasteiger partial charge in [-0.2, -0.15) is 0 Å². The van der Waals surface area contributed by atoms with Gasteiger partial charge in [0.05, 0.1) is 5.70 Å². The van der Waals surface area contributed by atoms with E-state index in [-0.39, 0.29) is 0 Å². The van der Waals surface area contributed by atoms with Gasteiger partial charge in [-0.05, 0) is 24.8 Å². The van der Waals surface area contributed by atoms with Crippen LogP contribution in [0.15, 0.2) is 10.5 Å². The minimum absolute atomic E-state index is 0.404. The van der Waals surface area contributed by atoms with Gasteiger partial charge in [-0.25, -0.2) is 0 Å². The maximum absolute atomic E-state index is 6.12. The number of hydrogen-bond donors (Lipinski definition) is 1. The molecule has 1 aromatic rings. The summed E-state index contributed by atoms with van der Waals surface area (Å²) < 4.78 is 5.88. The molecular weight excluding hydrogens is 198 g/mol. The predicted octanol–water partition coefficient (Wildman–Crippen LogP) is 1.37. The highest BCUT2D eigenvalue weighted by Gasteiger charge is 2.20. The van der Waals surface area contributed by atoms with E-state index in [4.69, 9.17) is 10.2 Å². The van der Waals surface area contributed by atoms with Crippen LogP contribution in [0.4, 0.5) is 0 Å². The summed E-state index contributed by atoms with van der Waals surface area (Å²) in [6, 6.07) is 0. The highest BCUT2D eigenvalue weighted by molar-refractivity contribution is 5.57. The first kappa shape index (κ1) is 9.76. The Morgan fingerprint density at radius 3 is 3.00 bits per heavy atom. The molecule has 1 heterocycles. The Hall–Kier alpha value is -1.44. The van der Waals surface area contributed by atoms with Gasteiger partial charge in [0, 0.05) is 16.7 Å². The van der Waals surface area contributed by atoms with Gasteiger partial charge in [0.2, 0.25) is 0 Å². The summed E-state index contributed by atoms with van der Waals surface area (Å²) in [5.74, 6) is 2.01. The van der Waals surface area contributed by atoms with Crippen LogP contribution < -0.4 is 16.4 Å². The summed E-state index contributed by atoms with van der Waals surface area (Å²) in [7, 11) is 0. The van der Waals surface area contributed by atoms with E-state index in [1.54, 1.807) is 0 Å². The SMILES string of the molecule is CC1C=Cc2oc3c(c2C1)=CC[C@H](C)C=3N. The molecule has 2 heteroatoms. The monoisotopic (exact) mass is 215 g/mol. The predicted molar refractivity (Wildman–Crippen MR) is 65.7 cm³/mol. The third-order valence-electron chi connectivity index (χ3n) is 3.65. The van der Waals surface area contributed by atoms with Gasteiger partial charge >= 0.3 is 0 Å². The molecule has 0 spiro atoms. The van der Waals surface area contributed by atoms with E-state index < -0.39 is 0 Å². The molecule has 0 fully saturated rings. The van der Waals surface area contributed by atoms with Gasteiger partial charge in [-0.1, -0.05) is 26.0 Å². The molecule has 0 saturated carbocycles. The Kier molecular flexibility index (Phi) is 2.00. The van der Waals surface area contributed by atoms with E-state index in [2.05, 4.69) is 32.1 Å². The van der Waals surface area contributed by atoms with Crippen LogP contribution in [0, 0.1) is 11.8 Å². The minimum atomic E-state index is 0.404. The molecule has 0 radical (unpaired) electrons. The molecular formula is C14H17NO. The quantitative estimate of drug-likeness (QED) is 0.710. The van der Waals surface area contributed by atoms with Crippen LogP contribution in [0.2, 0.25) is 0 Å². The molecule has 3 rings (SSSR count). The van der Waals surface area contributed by atoms with E-state index in [0.29, 0.717) is 11.8 Å². The lowest BCUT2D eigenvalue weighted by molar-refractivity contribution is 0.502. The van der Waals surface area contributed by atoms with Crippen molar-refractivity contribution in [2.24, 2.45) is 17.6 Å². The van der Waals surface area contributed by atoms with Crippen LogP contribution >= 0.6 is 0 Å². The number of furan rings is 1. The number of allylic oxidation sites excluding steroid dienone is 1. The Labute approximate surface area is 95.1 Å². The normalized spacial score (nSPS) is 27.2. The summed E-state index contributed by atoms with van der Waals surface area (Å²) >= 11 is 0. The van der Waals surface area contributed by atoms with Crippen LogP contribution in [-0.2, 0) is 6.42 Å². The average molecular weight is 215 g/mol. The highest BCUT2D eigenvalue weighted by atomic mass is 16.3. The maximum Gasteiger partial charge on any atom is 0.153 e. The zero-order valence-corrected chi connectivity index (χ0v) is 9.79. The molecule has 2 atom stereocenters. The van der Waals surface area contributed by atoms with Crippen molar-refractivity contribution >= 4 is 17.8 Å². The van der Waals surface area contributed by atoms with E-state index in [1.807, 2.05) is 0 Å². The lowest BCUT2D eigenvalue weighted by Gasteiger charge is -2.12. The molecule has 0 amide bonds. The number of fused-ring (bicyclic) bond motifs is 3. The number of nitrogens with two attached hydrogens (primary N) is 1. The van der Waals surface area contributed by atoms with E-state index in [1.165, 1.54) is 10.8 Å². The Bertz CT molecular complexity index is 577. The van der Waals surface area contributed by atoms with Crippen molar-refractivity contribution in [1.29, 1.82) is 0 Å². The molecule has 0 bridgehead atoms. The molecule has 84 valence electrons. The van der Waals surface area contributed by atoms with Crippen LogP contribution in [0.1, 0.15) is 31.6 Å². The van der Waals surface area contributed by atoms with Crippen molar-refractivity contribution < 1.29 is 4.42 Å². The van der Waals surface area contributed by atoms with Crippen molar-refractivity contribution in [2.45, 2.75) is 26.7 Å². The highest BCUT2D eigenvalue weighted by Crippen LogP contribution is 2.21. The fourth-order valence-corrected chi connectivity index (χ4v) is 2.56. The average Bonchev–Trinajstić information content (AvgIpc) is 2.62. The van der Waals surface area contributed by atoms with Crippen LogP contribution in [-0.4, -0.2) is 0 Å². The van der Waals surface area contributed by atoms with Gasteiger partial charge in [0.1, 0.15) is 5.76 Å². The summed E-state index contributed by atoms with van der Waals surface area (Å²) in [4.78, 5) is 0. The molecule has 1 unspecified atom stereocenters. The molecule has 0 aromatic carbocycles. The second-order valence-electron chi connectivity index (χ2n) is 5.02. The van der Waals surface area contributed by atoms with E-state index >= 15 is 0 Å². The first-order valence-electron chi connectivity index (χ1n) is 5.96. The minimum Gasteiger partial charge on any atom is -0.455 e.